The lowest BCUT2D eigenvalue weighted by Gasteiger charge is -2.12. The van der Waals surface area contributed by atoms with Crippen LogP contribution in [-0.4, -0.2) is 22.8 Å². The Balaban J connectivity index is 1.45. The first-order valence-electron chi connectivity index (χ1n) is 8.64. The van der Waals surface area contributed by atoms with E-state index < -0.39 is 34.8 Å². The molecule has 2 heterocycles. The molecule has 4 rings (SSSR count). The maximum absolute atomic E-state index is 12.9. The minimum Gasteiger partial charge on any atom is -0.482 e. The molecule has 0 aliphatic carbocycles. The topological polar surface area (TPSA) is 103 Å². The number of carbonyl (C=O) groups excluding carboxylic acids is 3. The fraction of sp³-hybridized carbons (Fsp3) is 0.0476. The minimum absolute atomic E-state index is 0.0239. The van der Waals surface area contributed by atoms with Crippen LogP contribution in [0.5, 0.6) is 5.75 Å². The summed E-state index contributed by atoms with van der Waals surface area (Å²) < 4.78 is 23.3. The van der Waals surface area contributed by atoms with E-state index >= 15 is 0 Å². The fourth-order valence-corrected chi connectivity index (χ4v) is 2.73. The van der Waals surface area contributed by atoms with E-state index in [0.717, 1.165) is 12.3 Å². The number of hydroxylamine groups is 2. The van der Waals surface area contributed by atoms with Gasteiger partial charge in [-0.25, -0.2) is 9.18 Å². The van der Waals surface area contributed by atoms with E-state index in [1.807, 2.05) is 0 Å². The van der Waals surface area contributed by atoms with Crippen molar-refractivity contribution in [1.82, 2.24) is 5.06 Å². The fourth-order valence-electron chi connectivity index (χ4n) is 2.73. The van der Waals surface area contributed by atoms with E-state index in [1.165, 1.54) is 36.4 Å². The third kappa shape index (κ3) is 3.55. The van der Waals surface area contributed by atoms with Crippen molar-refractivity contribution in [2.24, 2.45) is 0 Å². The number of ether oxygens (including phenoxy) is 1. The van der Waals surface area contributed by atoms with Crippen LogP contribution < -0.4 is 10.2 Å². The van der Waals surface area contributed by atoms with Gasteiger partial charge in [0, 0.05) is 6.07 Å². The summed E-state index contributed by atoms with van der Waals surface area (Å²) in [4.78, 5) is 53.7. The molecule has 2 amide bonds. The molecule has 0 saturated heterocycles. The van der Waals surface area contributed by atoms with Crippen molar-refractivity contribution in [2.45, 2.75) is 6.61 Å². The molecule has 2 aromatic carbocycles. The van der Waals surface area contributed by atoms with Crippen LogP contribution >= 0.6 is 0 Å². The first kappa shape index (κ1) is 19.1. The number of rotatable bonds is 5. The quantitative estimate of drug-likeness (QED) is 0.597. The summed E-state index contributed by atoms with van der Waals surface area (Å²) in [6.45, 7) is -0.0239. The summed E-state index contributed by atoms with van der Waals surface area (Å²) >= 11 is 0. The Kier molecular flexibility index (Phi) is 4.85. The molecule has 0 unspecified atom stereocenters. The Morgan fingerprint density at radius 1 is 0.967 bits per heavy atom. The number of amides is 2. The third-order valence-electron chi connectivity index (χ3n) is 4.24. The summed E-state index contributed by atoms with van der Waals surface area (Å²) in [5.41, 5.74) is 0.130. The zero-order valence-corrected chi connectivity index (χ0v) is 15.2. The van der Waals surface area contributed by atoms with Crippen molar-refractivity contribution in [2.75, 3.05) is 0 Å². The Morgan fingerprint density at radius 2 is 1.60 bits per heavy atom. The second-order valence-corrected chi connectivity index (χ2v) is 6.22. The smallest absolute Gasteiger partial charge is 0.399 e. The van der Waals surface area contributed by atoms with Crippen LogP contribution in [0.25, 0.3) is 0 Å². The zero-order valence-electron chi connectivity index (χ0n) is 15.2. The van der Waals surface area contributed by atoms with E-state index in [0.29, 0.717) is 10.6 Å². The van der Waals surface area contributed by atoms with Crippen molar-refractivity contribution in [3.8, 4) is 5.75 Å². The number of benzene rings is 2. The van der Waals surface area contributed by atoms with Crippen LogP contribution in [0.3, 0.4) is 0 Å². The third-order valence-corrected chi connectivity index (χ3v) is 4.24. The first-order chi connectivity index (χ1) is 14.4. The number of carbonyl (C=O) groups is 3. The van der Waals surface area contributed by atoms with Crippen LogP contribution in [0.2, 0.25) is 0 Å². The normalized spacial score (nSPS) is 12.6. The number of fused-ring (bicyclic) bond motifs is 1. The van der Waals surface area contributed by atoms with Crippen LogP contribution in [0.1, 0.15) is 36.8 Å². The summed E-state index contributed by atoms with van der Waals surface area (Å²) in [6.07, 6.45) is 0.908. The van der Waals surface area contributed by atoms with E-state index in [-0.39, 0.29) is 23.5 Å². The highest BCUT2D eigenvalue weighted by Gasteiger charge is 2.39. The Hall–Kier alpha value is -4.27. The Labute approximate surface area is 168 Å². The standard InChI is InChI=1S/C21H12FNO7/c22-13-7-5-12(6-8-13)10-28-18-11-29-17(9-16(18)24)21(27)30-23-19(25)14-3-1-2-4-15(14)20(23)26/h1-9,11H,10H2. The number of halogens is 1. The van der Waals surface area contributed by atoms with Gasteiger partial charge in [-0.2, -0.15) is 0 Å². The second-order valence-electron chi connectivity index (χ2n) is 6.22. The van der Waals surface area contributed by atoms with Crippen molar-refractivity contribution in [1.29, 1.82) is 0 Å². The highest BCUT2D eigenvalue weighted by molar-refractivity contribution is 6.21. The predicted molar refractivity (Wildman–Crippen MR) is 98.1 cm³/mol. The lowest BCUT2D eigenvalue weighted by atomic mass is 10.1. The Morgan fingerprint density at radius 3 is 2.20 bits per heavy atom. The first-order valence-corrected chi connectivity index (χ1v) is 8.64. The van der Waals surface area contributed by atoms with E-state index in [1.54, 1.807) is 12.1 Å². The molecule has 0 radical (unpaired) electrons. The van der Waals surface area contributed by atoms with Crippen LogP contribution in [0.4, 0.5) is 4.39 Å². The molecule has 0 fully saturated rings. The van der Waals surface area contributed by atoms with Crippen molar-refractivity contribution in [3.05, 3.63) is 99.4 Å². The predicted octanol–water partition coefficient (Wildman–Crippen LogP) is 2.73. The second kappa shape index (κ2) is 7.63. The molecule has 0 saturated carbocycles. The molecule has 8 nitrogen and oxygen atoms in total. The highest BCUT2D eigenvalue weighted by atomic mass is 19.1. The summed E-state index contributed by atoms with van der Waals surface area (Å²) in [7, 11) is 0. The van der Waals surface area contributed by atoms with Crippen molar-refractivity contribution < 1.29 is 32.8 Å². The van der Waals surface area contributed by atoms with Gasteiger partial charge < -0.3 is 14.0 Å². The van der Waals surface area contributed by atoms with Crippen molar-refractivity contribution >= 4 is 17.8 Å². The molecule has 1 aliphatic rings. The molecular weight excluding hydrogens is 397 g/mol. The maximum atomic E-state index is 12.9. The van der Waals surface area contributed by atoms with Gasteiger partial charge in [0.05, 0.1) is 11.1 Å². The maximum Gasteiger partial charge on any atom is 0.399 e. The molecule has 0 N–H and O–H groups in total. The number of hydrogen-bond acceptors (Lipinski definition) is 7. The Bertz CT molecular complexity index is 1180. The summed E-state index contributed by atoms with van der Waals surface area (Å²) in [5.74, 6) is -3.91. The lowest BCUT2D eigenvalue weighted by molar-refractivity contribution is -0.0604. The average molecular weight is 409 g/mol. The molecule has 0 bridgehead atoms. The van der Waals surface area contributed by atoms with Gasteiger partial charge in [0.25, 0.3) is 11.8 Å². The van der Waals surface area contributed by atoms with Gasteiger partial charge in [0.2, 0.25) is 16.9 Å². The molecule has 9 heteroatoms. The number of imide groups is 1. The highest BCUT2D eigenvalue weighted by Crippen LogP contribution is 2.23. The molecule has 150 valence electrons. The van der Waals surface area contributed by atoms with Crippen LogP contribution in [0.15, 0.2) is 70.1 Å². The molecule has 30 heavy (non-hydrogen) atoms. The van der Waals surface area contributed by atoms with Gasteiger partial charge in [-0.3, -0.25) is 14.4 Å². The van der Waals surface area contributed by atoms with Gasteiger partial charge >= 0.3 is 5.97 Å². The minimum atomic E-state index is -1.20. The van der Waals surface area contributed by atoms with E-state index in [4.69, 9.17) is 14.0 Å². The summed E-state index contributed by atoms with van der Waals surface area (Å²) in [6, 6.07) is 12.3. The number of nitrogens with zero attached hydrogens (tertiary/aromatic N) is 1. The zero-order chi connectivity index (χ0) is 21.3. The number of hydrogen-bond donors (Lipinski definition) is 0. The van der Waals surface area contributed by atoms with E-state index in [2.05, 4.69) is 0 Å². The van der Waals surface area contributed by atoms with Crippen LogP contribution in [0, 0.1) is 5.82 Å². The lowest BCUT2D eigenvalue weighted by Crippen LogP contribution is -2.32. The van der Waals surface area contributed by atoms with Gasteiger partial charge in [-0.05, 0) is 29.8 Å². The van der Waals surface area contributed by atoms with Gasteiger partial charge in [-0.1, -0.05) is 29.3 Å². The SMILES string of the molecule is O=C(ON1C(=O)c2ccccc2C1=O)c1cc(=O)c(OCc2ccc(F)cc2)co1. The molecule has 1 aliphatic heterocycles. The van der Waals surface area contributed by atoms with Gasteiger partial charge in [0.15, 0.2) is 0 Å². The monoisotopic (exact) mass is 409 g/mol. The molecule has 0 spiro atoms. The van der Waals surface area contributed by atoms with Gasteiger partial charge in [0.1, 0.15) is 18.7 Å². The van der Waals surface area contributed by atoms with Crippen molar-refractivity contribution in [3.63, 3.8) is 0 Å². The van der Waals surface area contributed by atoms with Crippen LogP contribution in [-0.2, 0) is 11.4 Å². The van der Waals surface area contributed by atoms with E-state index in [9.17, 15) is 23.6 Å². The summed E-state index contributed by atoms with van der Waals surface area (Å²) in [5, 5.41) is 0.311. The molecule has 3 aromatic rings. The molecule has 0 atom stereocenters. The van der Waals surface area contributed by atoms with Gasteiger partial charge in [-0.15, -0.1) is 0 Å². The largest absolute Gasteiger partial charge is 0.482 e. The average Bonchev–Trinajstić information content (AvgIpc) is 2.99. The molecule has 1 aromatic heterocycles. The molecular formula is C21H12FNO7.